The van der Waals surface area contributed by atoms with Crippen molar-refractivity contribution < 1.29 is 33.0 Å². The van der Waals surface area contributed by atoms with Crippen LogP contribution in [0.1, 0.15) is 94.1 Å². The molecule has 4 rings (SSSR count). The summed E-state index contributed by atoms with van der Waals surface area (Å²) in [5.41, 5.74) is 0.329. The molecule has 2 aromatic rings. The number of hydrogen-bond acceptors (Lipinski definition) is 6. The van der Waals surface area contributed by atoms with Crippen LogP contribution >= 0.6 is 0 Å². The summed E-state index contributed by atoms with van der Waals surface area (Å²) < 4.78 is 24.8. The van der Waals surface area contributed by atoms with Gasteiger partial charge in [-0.2, -0.15) is 0 Å². The fourth-order valence-electron chi connectivity index (χ4n) is 6.32. The second kappa shape index (κ2) is 13.8. The first-order valence-corrected chi connectivity index (χ1v) is 15.4. The van der Waals surface area contributed by atoms with Crippen LogP contribution < -0.4 is 0 Å². The number of ketones is 1. The minimum atomic E-state index is -0.971. The molecule has 0 aromatic heterocycles. The normalized spacial score (nSPS) is 22.3. The Morgan fingerprint density at radius 2 is 1.60 bits per heavy atom. The van der Waals surface area contributed by atoms with Crippen molar-refractivity contribution in [1.82, 2.24) is 4.90 Å². The van der Waals surface area contributed by atoms with E-state index in [1.807, 2.05) is 30.3 Å². The molecule has 0 N–H and O–H groups in total. The molecule has 2 aliphatic rings. The Morgan fingerprint density at radius 1 is 0.930 bits per heavy atom. The molecule has 8 heteroatoms. The van der Waals surface area contributed by atoms with Gasteiger partial charge >= 0.3 is 11.9 Å². The molecule has 43 heavy (non-hydrogen) atoms. The highest BCUT2D eigenvalue weighted by atomic mass is 19.1. The highest BCUT2D eigenvalue weighted by Crippen LogP contribution is 2.39. The first kappa shape index (κ1) is 32.4. The van der Waals surface area contributed by atoms with Crippen molar-refractivity contribution in [3.05, 3.63) is 71.0 Å². The highest BCUT2D eigenvalue weighted by Gasteiger charge is 2.44. The Kier molecular flexibility index (Phi) is 10.4. The van der Waals surface area contributed by atoms with E-state index in [1.165, 1.54) is 12.1 Å². The molecule has 1 saturated carbocycles. The molecule has 1 aliphatic carbocycles. The standard InChI is InChI=1S/C35H44FNO6/c1-22(2)24-12-14-26(15-13-24)32(39)37-18-17-27(25-9-7-6-8-10-25)31(37)30(38)20-23-11-16-28(29(36)19-23)33(40)42-21-43-34(41)35(3,4)5/h6-11,16,19,22,24,26-27,31H,12-15,17-18,20-21H2,1-5H3/t24?,26?,27-,31-/m0/s1. The summed E-state index contributed by atoms with van der Waals surface area (Å²) in [6.45, 7) is 9.34. The van der Waals surface area contributed by atoms with Gasteiger partial charge in [0.25, 0.3) is 0 Å². The lowest BCUT2D eigenvalue weighted by atomic mass is 9.76. The number of benzene rings is 2. The maximum absolute atomic E-state index is 15.0. The fourth-order valence-corrected chi connectivity index (χ4v) is 6.32. The van der Waals surface area contributed by atoms with Crippen LogP contribution in [0.25, 0.3) is 0 Å². The van der Waals surface area contributed by atoms with Crippen LogP contribution in [0.5, 0.6) is 0 Å². The lowest BCUT2D eigenvalue weighted by Gasteiger charge is -2.35. The molecule has 2 fully saturated rings. The van der Waals surface area contributed by atoms with Crippen LogP contribution in [-0.4, -0.2) is 47.9 Å². The van der Waals surface area contributed by atoms with Gasteiger partial charge in [0.05, 0.1) is 17.0 Å². The SMILES string of the molecule is CC(C)C1CCC(C(=O)N2CC[C@@H](c3ccccc3)[C@H]2C(=O)Cc2ccc(C(=O)OCOC(=O)C(C)(C)C)c(F)c2)CC1. The van der Waals surface area contributed by atoms with E-state index in [0.29, 0.717) is 30.4 Å². The summed E-state index contributed by atoms with van der Waals surface area (Å²) in [6, 6.07) is 13.1. The molecular formula is C35H44FNO6. The summed E-state index contributed by atoms with van der Waals surface area (Å²) in [4.78, 5) is 53.8. The molecule has 1 heterocycles. The van der Waals surface area contributed by atoms with Gasteiger partial charge in [-0.25, -0.2) is 9.18 Å². The van der Waals surface area contributed by atoms with Gasteiger partial charge in [0, 0.05) is 24.8 Å². The third-order valence-electron chi connectivity index (χ3n) is 8.93. The monoisotopic (exact) mass is 593 g/mol. The predicted molar refractivity (Wildman–Crippen MR) is 161 cm³/mol. The van der Waals surface area contributed by atoms with Crippen molar-refractivity contribution >= 4 is 23.6 Å². The molecule has 232 valence electrons. The van der Waals surface area contributed by atoms with Gasteiger partial charge < -0.3 is 14.4 Å². The van der Waals surface area contributed by atoms with Crippen LogP contribution in [0, 0.1) is 29.0 Å². The van der Waals surface area contributed by atoms with Gasteiger partial charge in [-0.3, -0.25) is 14.4 Å². The number of carbonyl (C=O) groups is 4. The average molecular weight is 594 g/mol. The number of nitrogens with zero attached hydrogens (tertiary/aromatic N) is 1. The maximum atomic E-state index is 15.0. The van der Waals surface area contributed by atoms with E-state index in [9.17, 15) is 23.6 Å². The maximum Gasteiger partial charge on any atom is 0.344 e. The Balaban J connectivity index is 1.46. The van der Waals surface area contributed by atoms with Crippen molar-refractivity contribution in [1.29, 1.82) is 0 Å². The number of halogens is 1. The van der Waals surface area contributed by atoms with Gasteiger partial charge in [0.15, 0.2) is 5.78 Å². The van der Waals surface area contributed by atoms with E-state index in [2.05, 4.69) is 13.8 Å². The molecule has 0 radical (unpaired) electrons. The van der Waals surface area contributed by atoms with Gasteiger partial charge in [-0.15, -0.1) is 0 Å². The van der Waals surface area contributed by atoms with Gasteiger partial charge in [0.1, 0.15) is 5.82 Å². The molecule has 1 amide bonds. The number of ether oxygens (including phenoxy) is 2. The largest absolute Gasteiger partial charge is 0.427 e. The summed E-state index contributed by atoms with van der Waals surface area (Å²) >= 11 is 0. The van der Waals surface area contributed by atoms with Crippen molar-refractivity contribution in [2.24, 2.45) is 23.2 Å². The van der Waals surface area contributed by atoms with Crippen LogP contribution in [0.3, 0.4) is 0 Å². The zero-order valence-electron chi connectivity index (χ0n) is 25.9. The molecule has 0 spiro atoms. The molecule has 0 unspecified atom stereocenters. The minimum absolute atomic E-state index is 0.0513. The summed E-state index contributed by atoms with van der Waals surface area (Å²) in [5, 5.41) is 0. The third-order valence-corrected chi connectivity index (χ3v) is 8.93. The molecular weight excluding hydrogens is 549 g/mol. The lowest BCUT2D eigenvalue weighted by molar-refractivity contribution is -0.161. The fraction of sp³-hybridized carbons (Fsp3) is 0.543. The first-order valence-electron chi connectivity index (χ1n) is 15.4. The van der Waals surface area contributed by atoms with E-state index in [4.69, 9.17) is 9.47 Å². The number of Topliss-reactive ketones (excluding diaryl/α,β-unsaturated/α-hetero) is 1. The molecule has 2 aromatic carbocycles. The Bertz CT molecular complexity index is 1310. The summed E-state index contributed by atoms with van der Waals surface area (Å²) in [6.07, 6.45) is 4.34. The molecule has 7 nitrogen and oxygen atoms in total. The van der Waals surface area contributed by atoms with Gasteiger partial charge in [-0.05, 0) is 88.0 Å². The van der Waals surface area contributed by atoms with Crippen LogP contribution in [-0.2, 0) is 30.3 Å². The van der Waals surface area contributed by atoms with Crippen LogP contribution in [0.15, 0.2) is 48.5 Å². The Hall–Kier alpha value is -3.55. The number of esters is 2. The average Bonchev–Trinajstić information content (AvgIpc) is 3.42. The van der Waals surface area contributed by atoms with Crippen molar-refractivity contribution in [2.75, 3.05) is 13.3 Å². The lowest BCUT2D eigenvalue weighted by Crippen LogP contribution is -2.46. The first-order chi connectivity index (χ1) is 20.4. The number of hydrogen-bond donors (Lipinski definition) is 0. The number of rotatable bonds is 9. The van der Waals surface area contributed by atoms with Crippen LogP contribution in [0.4, 0.5) is 4.39 Å². The topological polar surface area (TPSA) is 90.0 Å². The summed E-state index contributed by atoms with van der Waals surface area (Å²) in [7, 11) is 0. The zero-order chi connectivity index (χ0) is 31.3. The predicted octanol–water partition coefficient (Wildman–Crippen LogP) is 6.49. The smallest absolute Gasteiger partial charge is 0.344 e. The van der Waals surface area contributed by atoms with Gasteiger partial charge in [0.2, 0.25) is 12.7 Å². The second-order valence-electron chi connectivity index (χ2n) is 13.3. The van der Waals surface area contributed by atoms with Crippen LogP contribution in [0.2, 0.25) is 0 Å². The second-order valence-corrected chi connectivity index (χ2v) is 13.3. The number of amides is 1. The van der Waals surface area contributed by atoms with E-state index >= 15 is 0 Å². The molecule has 1 aliphatic heterocycles. The quantitative estimate of drug-likeness (QED) is 0.244. The Morgan fingerprint density at radius 3 is 2.21 bits per heavy atom. The molecule has 0 bridgehead atoms. The van der Waals surface area contributed by atoms with E-state index in [1.54, 1.807) is 25.7 Å². The van der Waals surface area contributed by atoms with E-state index < -0.39 is 36.0 Å². The van der Waals surface area contributed by atoms with Gasteiger partial charge in [-0.1, -0.05) is 50.2 Å². The molecule has 1 saturated heterocycles. The molecule has 2 atom stereocenters. The third kappa shape index (κ3) is 7.89. The summed E-state index contributed by atoms with van der Waals surface area (Å²) in [5.74, 6) is -1.45. The van der Waals surface area contributed by atoms with Crippen molar-refractivity contribution in [3.63, 3.8) is 0 Å². The Labute approximate surface area is 254 Å². The zero-order valence-corrected chi connectivity index (χ0v) is 25.9. The minimum Gasteiger partial charge on any atom is -0.427 e. The van der Waals surface area contributed by atoms with E-state index in [-0.39, 0.29) is 35.5 Å². The number of carbonyl (C=O) groups excluding carboxylic acids is 4. The highest BCUT2D eigenvalue weighted by molar-refractivity contribution is 5.93. The van der Waals surface area contributed by atoms with Crippen molar-refractivity contribution in [3.8, 4) is 0 Å². The van der Waals surface area contributed by atoms with E-state index in [0.717, 1.165) is 37.3 Å². The number of likely N-dealkylation sites (tertiary alicyclic amines) is 1. The van der Waals surface area contributed by atoms with Crippen molar-refractivity contribution in [2.45, 2.75) is 85.1 Å².